The average molecular weight is 299 g/mol. The normalized spacial score (nSPS) is 13.4. The van der Waals surface area contributed by atoms with Crippen LogP contribution in [0.15, 0.2) is 18.2 Å². The molecule has 2 rings (SSSR count). The minimum atomic E-state index is 0.362. The summed E-state index contributed by atoms with van der Waals surface area (Å²) in [6, 6.07) is 6.19. The maximum absolute atomic E-state index is 6.34. The highest BCUT2D eigenvalue weighted by molar-refractivity contribution is 6.35. The molecule has 0 spiro atoms. The number of benzene rings is 1. The molecule has 2 aromatic rings. The van der Waals surface area contributed by atoms with E-state index in [1.54, 1.807) is 0 Å². The van der Waals surface area contributed by atoms with Crippen LogP contribution < -0.4 is 0 Å². The first-order chi connectivity index (χ1) is 9.04. The van der Waals surface area contributed by atoms with Gasteiger partial charge in [-0.1, -0.05) is 31.5 Å². The van der Waals surface area contributed by atoms with Crippen molar-refractivity contribution in [3.8, 4) is 0 Å². The smallest absolute Gasteiger partial charge is 0.125 e. The second kappa shape index (κ2) is 6.15. The van der Waals surface area contributed by atoms with E-state index in [1.165, 1.54) is 6.42 Å². The van der Waals surface area contributed by atoms with E-state index in [0.717, 1.165) is 28.3 Å². The van der Waals surface area contributed by atoms with Crippen LogP contribution in [0.1, 0.15) is 45.5 Å². The molecule has 0 radical (unpaired) electrons. The third-order valence-electron chi connectivity index (χ3n) is 3.46. The van der Waals surface area contributed by atoms with E-state index in [4.69, 9.17) is 23.2 Å². The van der Waals surface area contributed by atoms with E-state index in [1.807, 2.05) is 18.2 Å². The highest BCUT2D eigenvalue weighted by Gasteiger charge is 2.17. The lowest BCUT2D eigenvalue weighted by Gasteiger charge is -2.18. The van der Waals surface area contributed by atoms with Crippen molar-refractivity contribution < 1.29 is 0 Å². The van der Waals surface area contributed by atoms with Crippen molar-refractivity contribution in [1.82, 2.24) is 9.55 Å². The van der Waals surface area contributed by atoms with E-state index in [-0.39, 0.29) is 0 Å². The summed E-state index contributed by atoms with van der Waals surface area (Å²) in [6.45, 7) is 6.70. The predicted molar refractivity (Wildman–Crippen MR) is 83.1 cm³/mol. The molecule has 0 aliphatic rings. The van der Waals surface area contributed by atoms with Gasteiger partial charge in [0.05, 0.1) is 21.9 Å². The van der Waals surface area contributed by atoms with Crippen LogP contribution in [0.4, 0.5) is 0 Å². The van der Waals surface area contributed by atoms with Crippen molar-refractivity contribution >= 4 is 34.2 Å². The van der Waals surface area contributed by atoms with Crippen LogP contribution in [0.2, 0.25) is 5.02 Å². The molecular weight excluding hydrogens is 279 g/mol. The standard InChI is InChI=1S/C15H20Cl2N2/c1-10(2)7-8-11(3)19-14(9-16)18-13-6-4-5-12(17)15(13)19/h4-6,10-11H,7-9H2,1-3H3. The summed E-state index contributed by atoms with van der Waals surface area (Å²) in [5, 5.41) is 0.748. The number of aromatic nitrogens is 2. The number of rotatable bonds is 5. The van der Waals surface area contributed by atoms with E-state index in [2.05, 4.69) is 30.3 Å². The van der Waals surface area contributed by atoms with E-state index < -0.39 is 0 Å². The molecule has 0 fully saturated rings. The SMILES string of the molecule is CC(C)CCC(C)n1c(CCl)nc2cccc(Cl)c21. The predicted octanol–water partition coefficient (Wildman–Crippen LogP) is 5.43. The summed E-state index contributed by atoms with van der Waals surface area (Å²) in [5.41, 5.74) is 1.94. The molecule has 1 aromatic carbocycles. The van der Waals surface area contributed by atoms with Crippen LogP contribution in [-0.2, 0) is 5.88 Å². The van der Waals surface area contributed by atoms with Crippen molar-refractivity contribution in [2.75, 3.05) is 0 Å². The van der Waals surface area contributed by atoms with Gasteiger partial charge in [0.2, 0.25) is 0 Å². The Bertz CT molecular complexity index is 561. The topological polar surface area (TPSA) is 17.8 Å². The molecule has 0 aliphatic heterocycles. The van der Waals surface area contributed by atoms with Crippen LogP contribution in [-0.4, -0.2) is 9.55 Å². The van der Waals surface area contributed by atoms with Gasteiger partial charge >= 0.3 is 0 Å². The number of para-hydroxylation sites is 1. The van der Waals surface area contributed by atoms with Crippen molar-refractivity contribution in [1.29, 1.82) is 0 Å². The third-order valence-corrected chi connectivity index (χ3v) is 4.00. The third kappa shape index (κ3) is 3.06. The largest absolute Gasteiger partial charge is 0.323 e. The van der Waals surface area contributed by atoms with Gasteiger partial charge in [0.1, 0.15) is 5.82 Å². The van der Waals surface area contributed by atoms with Gasteiger partial charge in [-0.2, -0.15) is 0 Å². The molecule has 1 aromatic heterocycles. The molecule has 0 bridgehead atoms. The van der Waals surface area contributed by atoms with Gasteiger partial charge in [-0.25, -0.2) is 4.98 Å². The number of fused-ring (bicyclic) bond motifs is 1. The Kier molecular flexibility index (Phi) is 4.75. The Labute approximate surface area is 124 Å². The summed E-state index contributed by atoms with van der Waals surface area (Å²) in [4.78, 5) is 4.59. The number of hydrogen-bond donors (Lipinski definition) is 0. The molecule has 0 saturated heterocycles. The van der Waals surface area contributed by atoms with Gasteiger partial charge in [-0.05, 0) is 37.8 Å². The van der Waals surface area contributed by atoms with E-state index in [0.29, 0.717) is 17.8 Å². The molecule has 0 saturated carbocycles. The molecule has 1 atom stereocenters. The Morgan fingerprint density at radius 3 is 2.58 bits per heavy atom. The van der Waals surface area contributed by atoms with Crippen LogP contribution >= 0.6 is 23.2 Å². The summed E-state index contributed by atoms with van der Waals surface area (Å²) in [7, 11) is 0. The number of imidazole rings is 1. The molecule has 104 valence electrons. The van der Waals surface area contributed by atoms with E-state index in [9.17, 15) is 0 Å². The molecule has 2 nitrogen and oxygen atoms in total. The van der Waals surface area contributed by atoms with Crippen LogP contribution in [0.3, 0.4) is 0 Å². The first-order valence-electron chi connectivity index (χ1n) is 6.75. The van der Waals surface area contributed by atoms with Gasteiger partial charge in [0.25, 0.3) is 0 Å². The Morgan fingerprint density at radius 1 is 1.21 bits per heavy atom. The molecule has 1 heterocycles. The number of halogens is 2. The Hall–Kier alpha value is -0.730. The number of alkyl halides is 1. The number of hydrogen-bond acceptors (Lipinski definition) is 1. The zero-order valence-corrected chi connectivity index (χ0v) is 13.2. The molecule has 0 N–H and O–H groups in total. The highest BCUT2D eigenvalue weighted by atomic mass is 35.5. The summed E-state index contributed by atoms with van der Waals surface area (Å²) in [5.74, 6) is 2.02. The van der Waals surface area contributed by atoms with Crippen molar-refractivity contribution in [2.24, 2.45) is 5.92 Å². The molecule has 1 unspecified atom stereocenters. The minimum Gasteiger partial charge on any atom is -0.323 e. The van der Waals surface area contributed by atoms with Crippen LogP contribution in [0.5, 0.6) is 0 Å². The Balaban J connectivity index is 2.44. The average Bonchev–Trinajstić information content (AvgIpc) is 2.75. The number of nitrogens with zero attached hydrogens (tertiary/aromatic N) is 2. The summed E-state index contributed by atoms with van der Waals surface area (Å²) >= 11 is 12.4. The minimum absolute atomic E-state index is 0.362. The lowest BCUT2D eigenvalue weighted by Crippen LogP contribution is -2.09. The molecule has 4 heteroatoms. The fourth-order valence-corrected chi connectivity index (χ4v) is 2.88. The van der Waals surface area contributed by atoms with Crippen LogP contribution in [0.25, 0.3) is 11.0 Å². The first-order valence-corrected chi connectivity index (χ1v) is 7.67. The first kappa shape index (κ1) is 14.7. The summed E-state index contributed by atoms with van der Waals surface area (Å²) in [6.07, 6.45) is 2.30. The monoisotopic (exact) mass is 298 g/mol. The second-order valence-corrected chi connectivity index (χ2v) is 6.13. The molecular formula is C15H20Cl2N2. The van der Waals surface area contributed by atoms with Crippen molar-refractivity contribution in [2.45, 2.75) is 45.5 Å². The van der Waals surface area contributed by atoms with Crippen LogP contribution in [0, 0.1) is 5.92 Å². The molecule has 19 heavy (non-hydrogen) atoms. The summed E-state index contributed by atoms with van der Waals surface area (Å²) < 4.78 is 2.20. The second-order valence-electron chi connectivity index (χ2n) is 5.46. The van der Waals surface area contributed by atoms with Crippen molar-refractivity contribution in [3.63, 3.8) is 0 Å². The molecule has 0 aliphatic carbocycles. The zero-order valence-electron chi connectivity index (χ0n) is 11.7. The fourth-order valence-electron chi connectivity index (χ4n) is 2.43. The van der Waals surface area contributed by atoms with Gasteiger partial charge in [-0.3, -0.25) is 0 Å². The van der Waals surface area contributed by atoms with Gasteiger partial charge in [0, 0.05) is 6.04 Å². The fraction of sp³-hybridized carbons (Fsp3) is 0.533. The zero-order chi connectivity index (χ0) is 14.0. The quantitative estimate of drug-likeness (QED) is 0.673. The highest BCUT2D eigenvalue weighted by Crippen LogP contribution is 2.30. The van der Waals surface area contributed by atoms with E-state index >= 15 is 0 Å². The van der Waals surface area contributed by atoms with Crippen molar-refractivity contribution in [3.05, 3.63) is 29.0 Å². The van der Waals surface area contributed by atoms with Gasteiger partial charge in [-0.15, -0.1) is 11.6 Å². The maximum Gasteiger partial charge on any atom is 0.125 e. The lowest BCUT2D eigenvalue weighted by molar-refractivity contribution is 0.440. The maximum atomic E-state index is 6.34. The van der Waals surface area contributed by atoms with Gasteiger partial charge in [0.15, 0.2) is 0 Å². The lowest BCUT2D eigenvalue weighted by atomic mass is 10.0. The molecule has 0 amide bonds. The van der Waals surface area contributed by atoms with Gasteiger partial charge < -0.3 is 4.57 Å². The Morgan fingerprint density at radius 2 is 1.95 bits per heavy atom.